The zero-order valence-electron chi connectivity index (χ0n) is 13.8. The van der Waals surface area contributed by atoms with Crippen molar-refractivity contribution >= 4 is 17.5 Å². The number of carbonyl (C=O) groups excluding carboxylic acids is 3. The van der Waals surface area contributed by atoms with Gasteiger partial charge in [-0.25, -0.2) is 0 Å². The van der Waals surface area contributed by atoms with Gasteiger partial charge in [-0.05, 0) is 36.0 Å². The highest BCUT2D eigenvalue weighted by Gasteiger charge is 2.44. The Hall–Kier alpha value is -2.27. The normalized spacial score (nSPS) is 34.3. The van der Waals surface area contributed by atoms with Crippen LogP contribution in [-0.2, 0) is 19.1 Å². The number of aliphatic hydroxyl groups excluding tert-OH is 1. The molecule has 0 saturated carbocycles. The van der Waals surface area contributed by atoms with E-state index in [-0.39, 0.29) is 54.0 Å². The number of allylic oxidation sites excluding steroid dienone is 2. The minimum Gasteiger partial charge on any atom is -0.436 e. The van der Waals surface area contributed by atoms with Crippen molar-refractivity contribution in [3.63, 3.8) is 0 Å². The molecule has 5 atom stereocenters. The van der Waals surface area contributed by atoms with Crippen LogP contribution in [0.3, 0.4) is 0 Å². The quantitative estimate of drug-likeness (QED) is 0.835. The van der Waals surface area contributed by atoms with Crippen molar-refractivity contribution in [3.8, 4) is 0 Å². The molecular weight excluding hydrogens is 320 g/mol. The fourth-order valence-electron chi connectivity index (χ4n) is 4.55. The lowest BCUT2D eigenvalue weighted by molar-refractivity contribution is -0.156. The van der Waals surface area contributed by atoms with Crippen molar-refractivity contribution in [3.05, 3.63) is 47.5 Å². The second-order valence-corrected chi connectivity index (χ2v) is 7.20. The van der Waals surface area contributed by atoms with E-state index in [1.165, 1.54) is 6.08 Å². The average Bonchev–Trinajstić information content (AvgIpc) is 2.83. The molecular formula is C20H20O5. The predicted molar refractivity (Wildman–Crippen MR) is 88.6 cm³/mol. The molecule has 5 heteroatoms. The Morgan fingerprint density at radius 1 is 1.12 bits per heavy atom. The van der Waals surface area contributed by atoms with E-state index in [9.17, 15) is 19.5 Å². The Kier molecular flexibility index (Phi) is 4.04. The van der Waals surface area contributed by atoms with Gasteiger partial charge in [0.05, 0.1) is 12.3 Å². The third-order valence-corrected chi connectivity index (χ3v) is 5.70. The number of aliphatic hydroxyl groups is 1. The van der Waals surface area contributed by atoms with Gasteiger partial charge in [0, 0.05) is 18.3 Å². The Morgan fingerprint density at radius 3 is 2.60 bits per heavy atom. The first-order valence-electron chi connectivity index (χ1n) is 8.74. The highest BCUT2D eigenvalue weighted by atomic mass is 16.6. The van der Waals surface area contributed by atoms with Gasteiger partial charge in [0.25, 0.3) is 0 Å². The number of hydrogen-bond donors (Lipinski definition) is 1. The summed E-state index contributed by atoms with van der Waals surface area (Å²) in [5.74, 6) is -1.30. The summed E-state index contributed by atoms with van der Waals surface area (Å²) in [6.07, 6.45) is 3.73. The molecule has 0 aromatic heterocycles. The van der Waals surface area contributed by atoms with Gasteiger partial charge in [0.15, 0.2) is 5.78 Å². The minimum absolute atomic E-state index is 0.00495. The van der Waals surface area contributed by atoms with E-state index >= 15 is 0 Å². The number of carbonyl (C=O) groups is 3. The van der Waals surface area contributed by atoms with Crippen LogP contribution < -0.4 is 0 Å². The van der Waals surface area contributed by atoms with Crippen molar-refractivity contribution in [2.75, 3.05) is 0 Å². The monoisotopic (exact) mass is 340 g/mol. The number of ether oxygens (including phenoxy) is 1. The average molecular weight is 340 g/mol. The molecule has 0 spiro atoms. The molecule has 1 fully saturated rings. The number of rotatable bonds is 2. The lowest BCUT2D eigenvalue weighted by Gasteiger charge is -2.36. The zero-order chi connectivity index (χ0) is 17.6. The molecule has 1 heterocycles. The molecule has 3 aliphatic rings. The first-order valence-corrected chi connectivity index (χ1v) is 8.74. The van der Waals surface area contributed by atoms with Crippen LogP contribution >= 0.6 is 0 Å². The molecule has 0 radical (unpaired) electrons. The maximum atomic E-state index is 12.6. The van der Waals surface area contributed by atoms with Crippen LogP contribution in [0.25, 0.3) is 0 Å². The zero-order valence-corrected chi connectivity index (χ0v) is 13.8. The SMILES string of the molecule is O=C1CC(CC2CC3C(=O)C=CCC(=O)C3c3ccccc32)C(O)O1. The predicted octanol–water partition coefficient (Wildman–Crippen LogP) is 2.24. The Balaban J connectivity index is 1.70. The molecule has 0 amide bonds. The van der Waals surface area contributed by atoms with Crippen LogP contribution in [0.2, 0.25) is 0 Å². The topological polar surface area (TPSA) is 80.7 Å². The molecule has 2 aliphatic carbocycles. The molecule has 25 heavy (non-hydrogen) atoms. The van der Waals surface area contributed by atoms with E-state index in [4.69, 9.17) is 4.74 Å². The standard InChI is InChI=1S/C20H20O5/c21-16-6-3-7-17(22)19-14-5-2-1-4-13(14)11(9-15(16)19)8-12-10-18(23)25-20(12)24/h1-6,11-12,15,19-20,24H,7-10H2. The highest BCUT2D eigenvalue weighted by molar-refractivity contribution is 6.01. The van der Waals surface area contributed by atoms with E-state index in [1.54, 1.807) is 6.08 Å². The van der Waals surface area contributed by atoms with Gasteiger partial charge in [-0.15, -0.1) is 0 Å². The molecule has 0 bridgehead atoms. The second-order valence-electron chi connectivity index (χ2n) is 7.20. The molecule has 5 unspecified atom stereocenters. The maximum absolute atomic E-state index is 12.6. The van der Waals surface area contributed by atoms with Crippen LogP contribution in [0, 0.1) is 11.8 Å². The first-order chi connectivity index (χ1) is 12.0. The summed E-state index contributed by atoms with van der Waals surface area (Å²) in [6.45, 7) is 0. The molecule has 130 valence electrons. The molecule has 1 aromatic carbocycles. The molecule has 1 saturated heterocycles. The van der Waals surface area contributed by atoms with E-state index < -0.39 is 6.29 Å². The van der Waals surface area contributed by atoms with Crippen molar-refractivity contribution < 1.29 is 24.2 Å². The van der Waals surface area contributed by atoms with Gasteiger partial charge in [0.1, 0.15) is 5.78 Å². The summed E-state index contributed by atoms with van der Waals surface area (Å²) in [4.78, 5) is 36.6. The molecule has 4 rings (SSSR count). The second kappa shape index (κ2) is 6.23. The molecule has 1 aliphatic heterocycles. The van der Waals surface area contributed by atoms with E-state index in [0.29, 0.717) is 12.8 Å². The lowest BCUT2D eigenvalue weighted by Crippen LogP contribution is -2.33. The van der Waals surface area contributed by atoms with Gasteiger partial charge < -0.3 is 9.84 Å². The number of cyclic esters (lactones) is 1. The van der Waals surface area contributed by atoms with E-state index in [0.717, 1.165) is 11.1 Å². The van der Waals surface area contributed by atoms with Gasteiger partial charge in [0.2, 0.25) is 6.29 Å². The minimum atomic E-state index is -1.08. The maximum Gasteiger partial charge on any atom is 0.308 e. The smallest absolute Gasteiger partial charge is 0.308 e. The molecule has 1 aromatic rings. The van der Waals surface area contributed by atoms with Crippen molar-refractivity contribution in [2.45, 2.75) is 43.8 Å². The van der Waals surface area contributed by atoms with Crippen LogP contribution in [0.15, 0.2) is 36.4 Å². The van der Waals surface area contributed by atoms with Crippen molar-refractivity contribution in [1.29, 1.82) is 0 Å². The number of esters is 1. The number of benzene rings is 1. The van der Waals surface area contributed by atoms with E-state index in [1.807, 2.05) is 24.3 Å². The van der Waals surface area contributed by atoms with Crippen molar-refractivity contribution in [2.24, 2.45) is 11.8 Å². The van der Waals surface area contributed by atoms with Gasteiger partial charge in [-0.1, -0.05) is 30.3 Å². The summed E-state index contributed by atoms with van der Waals surface area (Å²) in [7, 11) is 0. The van der Waals surface area contributed by atoms with Crippen LogP contribution in [0.5, 0.6) is 0 Å². The van der Waals surface area contributed by atoms with Gasteiger partial charge in [-0.3, -0.25) is 14.4 Å². The van der Waals surface area contributed by atoms with Crippen molar-refractivity contribution in [1.82, 2.24) is 0 Å². The summed E-state index contributed by atoms with van der Waals surface area (Å²) in [5, 5.41) is 9.93. The fraction of sp³-hybridized carbons (Fsp3) is 0.450. The Morgan fingerprint density at radius 2 is 1.88 bits per heavy atom. The summed E-state index contributed by atoms with van der Waals surface area (Å²) < 4.78 is 4.85. The van der Waals surface area contributed by atoms with Crippen LogP contribution in [0.4, 0.5) is 0 Å². The Bertz CT molecular complexity index is 765. The molecule has 5 nitrogen and oxygen atoms in total. The fourth-order valence-corrected chi connectivity index (χ4v) is 4.55. The van der Waals surface area contributed by atoms with Crippen LogP contribution in [0.1, 0.15) is 48.6 Å². The Labute approximate surface area is 145 Å². The largest absolute Gasteiger partial charge is 0.436 e. The first kappa shape index (κ1) is 16.2. The highest BCUT2D eigenvalue weighted by Crippen LogP contribution is 2.48. The number of fused-ring (bicyclic) bond motifs is 3. The lowest BCUT2D eigenvalue weighted by atomic mass is 9.66. The summed E-state index contributed by atoms with van der Waals surface area (Å²) >= 11 is 0. The third kappa shape index (κ3) is 2.82. The summed E-state index contributed by atoms with van der Waals surface area (Å²) in [5.41, 5.74) is 1.98. The third-order valence-electron chi connectivity index (χ3n) is 5.70. The number of Topliss-reactive ketones (excluding diaryl/α,β-unsaturated/α-hetero) is 1. The van der Waals surface area contributed by atoms with E-state index in [2.05, 4.69) is 0 Å². The van der Waals surface area contributed by atoms with Gasteiger partial charge in [-0.2, -0.15) is 0 Å². The summed E-state index contributed by atoms with van der Waals surface area (Å²) in [6, 6.07) is 7.75. The molecule has 1 N–H and O–H groups in total. The van der Waals surface area contributed by atoms with Gasteiger partial charge >= 0.3 is 5.97 Å². The number of ketones is 2. The van der Waals surface area contributed by atoms with Crippen LogP contribution in [-0.4, -0.2) is 28.9 Å². The number of hydrogen-bond acceptors (Lipinski definition) is 5.